The Bertz CT molecular complexity index is 612. The van der Waals surface area contributed by atoms with Gasteiger partial charge in [-0.1, -0.05) is 5.21 Å². The number of hydrogen-bond acceptors (Lipinski definition) is 8. The third kappa shape index (κ3) is 2.77. The summed E-state index contributed by atoms with van der Waals surface area (Å²) in [6.45, 7) is 0.106. The number of nitrogens with zero attached hydrogens (tertiary/aromatic N) is 5. The number of nitro groups is 2. The topological polar surface area (TPSA) is 153 Å². The highest BCUT2D eigenvalue weighted by Crippen LogP contribution is 2.28. The molecule has 0 aliphatic rings. The van der Waals surface area contributed by atoms with Crippen LogP contribution in [0.1, 0.15) is 5.82 Å². The lowest BCUT2D eigenvalue weighted by Crippen LogP contribution is -2.04. The maximum atomic E-state index is 10.9. The van der Waals surface area contributed by atoms with Crippen molar-refractivity contribution in [3.63, 3.8) is 0 Å². The van der Waals surface area contributed by atoms with E-state index in [9.17, 15) is 20.2 Å². The molecule has 0 spiro atoms. The smallest absolute Gasteiger partial charge is 0.299 e. The molecular formula is C8H7N7O4. The van der Waals surface area contributed by atoms with Gasteiger partial charge in [-0.25, -0.2) is 0 Å². The largest absolute Gasteiger partial charge is 0.372 e. The Hall–Kier alpha value is -3.11. The molecule has 1 aromatic carbocycles. The Morgan fingerprint density at radius 1 is 1.26 bits per heavy atom. The Morgan fingerprint density at radius 3 is 2.63 bits per heavy atom. The summed E-state index contributed by atoms with van der Waals surface area (Å²) in [7, 11) is 0. The van der Waals surface area contributed by atoms with Gasteiger partial charge in [0.25, 0.3) is 11.4 Å². The lowest BCUT2D eigenvalue weighted by atomic mass is 10.2. The van der Waals surface area contributed by atoms with E-state index < -0.39 is 15.5 Å². The summed E-state index contributed by atoms with van der Waals surface area (Å²) in [5.41, 5.74) is -0.602. The second-order valence-corrected chi connectivity index (χ2v) is 3.40. The summed E-state index contributed by atoms with van der Waals surface area (Å²) in [6, 6.07) is 3.32. The van der Waals surface area contributed by atoms with E-state index in [4.69, 9.17) is 0 Å². The molecule has 2 rings (SSSR count). The molecule has 11 heteroatoms. The van der Waals surface area contributed by atoms with Crippen LogP contribution in [0.2, 0.25) is 0 Å². The molecule has 1 aromatic heterocycles. The highest BCUT2D eigenvalue weighted by molar-refractivity contribution is 5.65. The number of aromatic amines is 1. The highest BCUT2D eigenvalue weighted by atomic mass is 16.6. The summed E-state index contributed by atoms with van der Waals surface area (Å²) in [5.74, 6) is 0.313. The fourth-order valence-electron chi connectivity index (χ4n) is 1.37. The molecule has 0 aliphatic heterocycles. The Balaban J connectivity index is 2.24. The first-order valence-electron chi connectivity index (χ1n) is 4.97. The molecule has 11 nitrogen and oxygen atoms in total. The van der Waals surface area contributed by atoms with Gasteiger partial charge in [0.2, 0.25) is 0 Å². The van der Waals surface area contributed by atoms with Gasteiger partial charge in [-0.15, -0.1) is 10.2 Å². The van der Waals surface area contributed by atoms with Crippen LogP contribution < -0.4 is 5.32 Å². The van der Waals surface area contributed by atoms with Crippen LogP contribution in [0.5, 0.6) is 0 Å². The van der Waals surface area contributed by atoms with Crippen molar-refractivity contribution in [1.82, 2.24) is 20.6 Å². The summed E-state index contributed by atoms with van der Waals surface area (Å²) in [4.78, 5) is 20.0. The average molecular weight is 265 g/mol. The molecule has 0 saturated carbocycles. The van der Waals surface area contributed by atoms with Crippen molar-refractivity contribution in [1.29, 1.82) is 0 Å². The fourth-order valence-corrected chi connectivity index (χ4v) is 1.37. The van der Waals surface area contributed by atoms with Crippen LogP contribution in [0.25, 0.3) is 0 Å². The molecule has 0 radical (unpaired) electrons. The second kappa shape index (κ2) is 5.03. The average Bonchev–Trinajstić information content (AvgIpc) is 2.89. The van der Waals surface area contributed by atoms with Gasteiger partial charge in [0.1, 0.15) is 5.69 Å². The molecule has 1 heterocycles. The lowest BCUT2D eigenvalue weighted by molar-refractivity contribution is -0.393. The van der Waals surface area contributed by atoms with Gasteiger partial charge in [0.05, 0.1) is 22.5 Å². The monoisotopic (exact) mass is 265 g/mol. The van der Waals surface area contributed by atoms with E-state index in [0.717, 1.165) is 6.07 Å². The molecule has 2 aromatic rings. The van der Waals surface area contributed by atoms with Gasteiger partial charge >= 0.3 is 0 Å². The van der Waals surface area contributed by atoms with Crippen molar-refractivity contribution >= 4 is 17.1 Å². The molecular weight excluding hydrogens is 258 g/mol. The zero-order valence-electron chi connectivity index (χ0n) is 9.31. The summed E-state index contributed by atoms with van der Waals surface area (Å²) < 4.78 is 0. The number of hydrogen-bond donors (Lipinski definition) is 2. The summed E-state index contributed by atoms with van der Waals surface area (Å²) in [5, 5.41) is 37.0. The zero-order chi connectivity index (χ0) is 13.8. The van der Waals surface area contributed by atoms with E-state index in [-0.39, 0.29) is 17.9 Å². The molecule has 19 heavy (non-hydrogen) atoms. The highest BCUT2D eigenvalue weighted by Gasteiger charge is 2.19. The first-order chi connectivity index (χ1) is 9.08. The van der Waals surface area contributed by atoms with Crippen molar-refractivity contribution in [2.24, 2.45) is 0 Å². The fraction of sp³-hybridized carbons (Fsp3) is 0.125. The van der Waals surface area contributed by atoms with E-state index in [0.29, 0.717) is 5.82 Å². The normalized spacial score (nSPS) is 10.1. The number of nitrogens with one attached hydrogen (secondary N) is 2. The van der Waals surface area contributed by atoms with Crippen LogP contribution in [0, 0.1) is 20.2 Å². The molecule has 2 N–H and O–H groups in total. The standard InChI is InChI=1S/C8H7N7O4/c16-14(17)5-1-2-6(7(3-5)15(18)19)9-4-8-10-12-13-11-8/h1-3,9H,4H2,(H,10,11,12,13). The van der Waals surface area contributed by atoms with Gasteiger partial charge in [-0.05, 0) is 6.07 Å². The SMILES string of the molecule is O=[N+]([O-])c1ccc(NCc2nn[nH]n2)c([N+](=O)[O-])c1. The quantitative estimate of drug-likeness (QED) is 0.589. The minimum absolute atomic E-state index is 0.106. The van der Waals surface area contributed by atoms with E-state index in [1.807, 2.05) is 0 Å². The Kier molecular flexibility index (Phi) is 3.27. The van der Waals surface area contributed by atoms with Crippen LogP contribution in [-0.4, -0.2) is 30.5 Å². The van der Waals surface area contributed by atoms with E-state index in [1.54, 1.807) is 0 Å². The van der Waals surface area contributed by atoms with E-state index >= 15 is 0 Å². The van der Waals surface area contributed by atoms with Crippen molar-refractivity contribution in [3.8, 4) is 0 Å². The number of anilines is 1. The number of rotatable bonds is 5. The van der Waals surface area contributed by atoms with E-state index in [2.05, 4.69) is 25.9 Å². The van der Waals surface area contributed by atoms with Gasteiger partial charge in [-0.2, -0.15) is 5.21 Å². The summed E-state index contributed by atoms with van der Waals surface area (Å²) >= 11 is 0. The van der Waals surface area contributed by atoms with Gasteiger partial charge in [0.15, 0.2) is 5.82 Å². The molecule has 0 unspecified atom stereocenters. The van der Waals surface area contributed by atoms with Crippen LogP contribution in [0.15, 0.2) is 18.2 Å². The number of non-ortho nitro benzene ring substituents is 1. The molecule has 0 fully saturated rings. The van der Waals surface area contributed by atoms with Crippen molar-refractivity contribution in [3.05, 3.63) is 44.3 Å². The van der Waals surface area contributed by atoms with Crippen LogP contribution in [0.4, 0.5) is 17.1 Å². The molecule has 0 atom stereocenters. The van der Waals surface area contributed by atoms with Gasteiger partial charge in [-0.3, -0.25) is 20.2 Å². The third-order valence-electron chi connectivity index (χ3n) is 2.21. The number of benzene rings is 1. The summed E-state index contributed by atoms with van der Waals surface area (Å²) in [6.07, 6.45) is 0. The maximum absolute atomic E-state index is 10.9. The Morgan fingerprint density at radius 2 is 2.05 bits per heavy atom. The number of H-pyrrole nitrogens is 1. The van der Waals surface area contributed by atoms with Crippen LogP contribution in [0.3, 0.4) is 0 Å². The van der Waals surface area contributed by atoms with Gasteiger partial charge in [0, 0.05) is 6.07 Å². The van der Waals surface area contributed by atoms with E-state index in [1.165, 1.54) is 12.1 Å². The third-order valence-corrected chi connectivity index (χ3v) is 2.21. The molecule has 0 amide bonds. The minimum atomic E-state index is -0.703. The first-order valence-corrected chi connectivity index (χ1v) is 4.97. The van der Waals surface area contributed by atoms with Gasteiger partial charge < -0.3 is 5.32 Å². The second-order valence-electron chi connectivity index (χ2n) is 3.40. The van der Waals surface area contributed by atoms with Crippen molar-refractivity contribution in [2.45, 2.75) is 6.54 Å². The van der Waals surface area contributed by atoms with Crippen molar-refractivity contribution in [2.75, 3.05) is 5.32 Å². The van der Waals surface area contributed by atoms with Crippen LogP contribution >= 0.6 is 0 Å². The zero-order valence-corrected chi connectivity index (χ0v) is 9.31. The number of tetrazole rings is 1. The first kappa shape index (κ1) is 12.3. The Labute approximate surface area is 104 Å². The van der Waals surface area contributed by atoms with Crippen LogP contribution in [-0.2, 0) is 6.54 Å². The van der Waals surface area contributed by atoms with Crippen molar-refractivity contribution < 1.29 is 9.85 Å². The lowest BCUT2D eigenvalue weighted by Gasteiger charge is -2.04. The molecule has 0 aliphatic carbocycles. The minimum Gasteiger partial charge on any atom is -0.372 e. The molecule has 0 saturated heterocycles. The molecule has 0 bridgehead atoms. The number of nitro benzene ring substituents is 2. The predicted octanol–water partition coefficient (Wildman–Crippen LogP) is 0.628. The number of aromatic nitrogens is 4. The molecule has 98 valence electrons. The predicted molar refractivity (Wildman–Crippen MR) is 61.3 cm³/mol. The maximum Gasteiger partial charge on any atom is 0.299 e.